The van der Waals surface area contributed by atoms with E-state index in [0.29, 0.717) is 42.1 Å². The number of aromatic nitrogens is 1. The van der Waals surface area contributed by atoms with Crippen LogP contribution in [0.1, 0.15) is 61.1 Å². The molecule has 3 rings (SSSR count). The first-order valence-electron chi connectivity index (χ1n) is 11.2. The third kappa shape index (κ3) is 5.89. The van der Waals surface area contributed by atoms with Gasteiger partial charge in [0.05, 0.1) is 18.7 Å². The molecule has 1 saturated heterocycles. The zero-order valence-corrected chi connectivity index (χ0v) is 21.7. The van der Waals surface area contributed by atoms with Crippen LogP contribution in [-0.2, 0) is 11.4 Å². The Bertz CT molecular complexity index is 1090. The fourth-order valence-electron chi connectivity index (χ4n) is 3.99. The minimum atomic E-state index is -1.38. The van der Waals surface area contributed by atoms with Gasteiger partial charge >= 0.3 is 0 Å². The summed E-state index contributed by atoms with van der Waals surface area (Å²) >= 11 is 4.99. The van der Waals surface area contributed by atoms with Gasteiger partial charge in [-0.1, -0.05) is 11.6 Å². The van der Waals surface area contributed by atoms with Crippen molar-refractivity contribution in [3.63, 3.8) is 0 Å². The first kappa shape index (κ1) is 26.4. The second-order valence-corrected chi connectivity index (χ2v) is 12.0. The Morgan fingerprint density at radius 1 is 1.32 bits per heavy atom. The summed E-state index contributed by atoms with van der Waals surface area (Å²) in [5.41, 5.74) is 1.31. The fraction of sp³-hybridized carbons (Fsp3) is 0.500. The predicted molar refractivity (Wildman–Crippen MR) is 134 cm³/mol. The van der Waals surface area contributed by atoms with Crippen LogP contribution in [0.3, 0.4) is 0 Å². The van der Waals surface area contributed by atoms with E-state index in [1.54, 1.807) is 17.0 Å². The molecule has 10 heteroatoms. The predicted octanol–water partition coefficient (Wildman–Crippen LogP) is 3.70. The molecule has 2 aromatic rings. The van der Waals surface area contributed by atoms with Gasteiger partial charge in [0, 0.05) is 47.3 Å². The molecule has 8 nitrogen and oxygen atoms in total. The maximum atomic E-state index is 13.0. The van der Waals surface area contributed by atoms with Gasteiger partial charge in [-0.05, 0) is 64.2 Å². The topological polar surface area (TPSA) is 118 Å². The number of benzene rings is 1. The van der Waals surface area contributed by atoms with Crippen molar-refractivity contribution in [1.82, 2.24) is 14.6 Å². The third-order valence-electron chi connectivity index (χ3n) is 6.07. The number of amides is 1. The molecule has 0 spiro atoms. The highest BCUT2D eigenvalue weighted by Crippen LogP contribution is 2.39. The molecular weight excluding hydrogens is 478 g/mol. The largest absolute Gasteiger partial charge is 0.598 e. The average Bonchev–Trinajstić information content (AvgIpc) is 2.79. The Balaban J connectivity index is 1.81. The number of pyridine rings is 1. The van der Waals surface area contributed by atoms with Crippen LogP contribution in [0.25, 0.3) is 0 Å². The molecule has 1 aromatic carbocycles. The summed E-state index contributed by atoms with van der Waals surface area (Å²) in [4.78, 5) is 29.0. The normalized spacial score (nSPS) is 16.9. The van der Waals surface area contributed by atoms with E-state index in [-0.39, 0.29) is 23.3 Å². The molecule has 34 heavy (non-hydrogen) atoms. The summed E-state index contributed by atoms with van der Waals surface area (Å²) in [6.45, 7) is 8.42. The van der Waals surface area contributed by atoms with Crippen molar-refractivity contribution in [3.05, 3.63) is 56.5 Å². The summed E-state index contributed by atoms with van der Waals surface area (Å²) in [5, 5.41) is 11.2. The highest BCUT2D eigenvalue weighted by molar-refractivity contribution is 7.90. The van der Waals surface area contributed by atoms with Crippen molar-refractivity contribution in [1.29, 1.82) is 0 Å². The quantitative estimate of drug-likeness (QED) is 0.511. The van der Waals surface area contributed by atoms with Crippen LogP contribution in [-0.4, -0.2) is 50.4 Å². The lowest BCUT2D eigenvalue weighted by Gasteiger charge is -2.38. The molecule has 2 unspecified atom stereocenters. The molecule has 1 aliphatic heterocycles. The number of methoxy groups -OCH3 is 1. The summed E-state index contributed by atoms with van der Waals surface area (Å²) < 4.78 is 20.7. The van der Waals surface area contributed by atoms with Crippen LogP contribution in [0, 0.1) is 12.8 Å². The lowest BCUT2D eigenvalue weighted by atomic mass is 9.85. The van der Waals surface area contributed by atoms with Crippen LogP contribution in [0.5, 0.6) is 11.5 Å². The standard InChI is InChI=1S/C24H32ClN3O5S/c1-14-10-19(29)17(12-18(14)25)21(27-34(32)24(2,3)4)15-6-8-28(9-7-15)23(31)16-11-20(33-5)22(30)26-13-16/h10-13,15,21,27,29H,6-9H2,1-5H3,(H,26,30). The van der Waals surface area contributed by atoms with Crippen LogP contribution >= 0.6 is 11.6 Å². The van der Waals surface area contributed by atoms with Gasteiger partial charge in [0.15, 0.2) is 5.75 Å². The molecule has 0 aliphatic carbocycles. The number of ether oxygens (including phenoxy) is 1. The van der Waals surface area contributed by atoms with E-state index >= 15 is 0 Å². The minimum Gasteiger partial charge on any atom is -0.598 e. The second-order valence-electron chi connectivity index (χ2n) is 9.55. The SMILES string of the molecule is COc1cc(C(=O)N2CCC(C(N[S+]([O-])C(C)(C)C)c3cc(Cl)c(C)cc3O)CC2)c[nH]c1=O. The summed E-state index contributed by atoms with van der Waals surface area (Å²) in [7, 11) is 1.38. The van der Waals surface area contributed by atoms with Gasteiger partial charge in [0.2, 0.25) is 0 Å². The van der Waals surface area contributed by atoms with Crippen LogP contribution in [0.15, 0.2) is 29.2 Å². The van der Waals surface area contributed by atoms with Gasteiger partial charge in [-0.25, -0.2) is 0 Å². The van der Waals surface area contributed by atoms with Crippen molar-refractivity contribution in [2.24, 2.45) is 5.92 Å². The Kier molecular flexibility index (Phi) is 8.23. The van der Waals surface area contributed by atoms with E-state index in [1.807, 2.05) is 27.7 Å². The number of hydrogen-bond donors (Lipinski definition) is 3. The van der Waals surface area contributed by atoms with E-state index in [9.17, 15) is 19.2 Å². The first-order valence-corrected chi connectivity index (χ1v) is 12.7. The molecule has 1 aliphatic rings. The second kappa shape index (κ2) is 10.6. The number of likely N-dealkylation sites (tertiary alicyclic amines) is 1. The van der Waals surface area contributed by atoms with Crippen LogP contribution < -0.4 is 15.0 Å². The molecule has 1 aromatic heterocycles. The Labute approximate surface area is 208 Å². The van der Waals surface area contributed by atoms with Gasteiger partial charge in [0.25, 0.3) is 11.5 Å². The molecule has 0 saturated carbocycles. The number of carbonyl (C=O) groups excluding carboxylic acids is 1. The number of rotatable bonds is 6. The van der Waals surface area contributed by atoms with Gasteiger partial charge in [-0.2, -0.15) is 0 Å². The number of piperidine rings is 1. The monoisotopic (exact) mass is 509 g/mol. The number of hydrogen-bond acceptors (Lipinski definition) is 6. The van der Waals surface area contributed by atoms with Gasteiger partial charge in [0.1, 0.15) is 10.5 Å². The zero-order chi connectivity index (χ0) is 25.2. The number of nitrogens with zero attached hydrogens (tertiary/aromatic N) is 1. The Morgan fingerprint density at radius 2 is 1.97 bits per heavy atom. The van der Waals surface area contributed by atoms with Gasteiger partial charge in [-0.3, -0.25) is 9.59 Å². The maximum Gasteiger partial charge on any atom is 0.290 e. The number of phenolic OH excluding ortho intramolecular Hbond substituents is 1. The molecule has 0 radical (unpaired) electrons. The molecule has 0 bridgehead atoms. The molecule has 2 atom stereocenters. The van der Waals surface area contributed by atoms with E-state index in [1.165, 1.54) is 19.4 Å². The van der Waals surface area contributed by atoms with E-state index < -0.39 is 27.7 Å². The smallest absolute Gasteiger partial charge is 0.290 e. The molecule has 3 N–H and O–H groups in total. The number of nitrogens with one attached hydrogen (secondary N) is 2. The lowest BCUT2D eigenvalue weighted by molar-refractivity contribution is 0.0673. The van der Waals surface area contributed by atoms with Crippen molar-refractivity contribution in [2.45, 2.75) is 51.3 Å². The molecular formula is C24H32ClN3O5S. The minimum absolute atomic E-state index is 0.0186. The highest BCUT2D eigenvalue weighted by Gasteiger charge is 2.37. The van der Waals surface area contributed by atoms with Crippen molar-refractivity contribution in [3.8, 4) is 11.5 Å². The van der Waals surface area contributed by atoms with Crippen LogP contribution in [0.2, 0.25) is 5.02 Å². The average molecular weight is 510 g/mol. The number of aryl methyl sites for hydroxylation is 1. The number of carbonyl (C=O) groups is 1. The van der Waals surface area contributed by atoms with E-state index in [2.05, 4.69) is 9.71 Å². The Morgan fingerprint density at radius 3 is 2.56 bits per heavy atom. The first-order chi connectivity index (χ1) is 15.9. The maximum absolute atomic E-state index is 13.0. The van der Waals surface area contributed by atoms with E-state index in [0.717, 1.165) is 5.56 Å². The summed E-state index contributed by atoms with van der Waals surface area (Å²) in [6.07, 6.45) is 2.66. The molecule has 186 valence electrons. The van der Waals surface area contributed by atoms with E-state index in [4.69, 9.17) is 16.3 Å². The van der Waals surface area contributed by atoms with Gasteiger partial charge < -0.3 is 24.3 Å². The zero-order valence-electron chi connectivity index (χ0n) is 20.1. The van der Waals surface area contributed by atoms with Gasteiger partial charge in [-0.15, -0.1) is 4.72 Å². The number of aromatic amines is 1. The fourth-order valence-corrected chi connectivity index (χ4v) is 5.07. The third-order valence-corrected chi connectivity index (χ3v) is 8.06. The number of halogens is 1. The van der Waals surface area contributed by atoms with Crippen molar-refractivity contribution >= 4 is 28.9 Å². The van der Waals surface area contributed by atoms with Crippen LogP contribution in [0.4, 0.5) is 0 Å². The molecule has 1 fully saturated rings. The number of phenols is 1. The summed E-state index contributed by atoms with van der Waals surface area (Å²) in [5.74, 6) is 0.00711. The molecule has 1 amide bonds. The highest BCUT2D eigenvalue weighted by atomic mass is 35.5. The van der Waals surface area contributed by atoms with Crippen molar-refractivity contribution < 1.29 is 19.2 Å². The summed E-state index contributed by atoms with van der Waals surface area (Å²) in [6, 6.07) is 4.39. The Hall–Kier alpha value is -2.20. The lowest BCUT2D eigenvalue weighted by Crippen LogP contribution is -2.46. The number of H-pyrrole nitrogens is 1. The number of aromatic hydroxyl groups is 1. The van der Waals surface area contributed by atoms with Crippen molar-refractivity contribution in [2.75, 3.05) is 20.2 Å². The molecule has 2 heterocycles.